The van der Waals surface area contributed by atoms with Crippen LogP contribution in [0.2, 0.25) is 0 Å². The Labute approximate surface area is 114 Å². The van der Waals surface area contributed by atoms with Crippen LogP contribution in [0.4, 0.5) is 0 Å². The molecule has 1 aliphatic carbocycles. The highest BCUT2D eigenvalue weighted by Gasteiger charge is 2.39. The Balaban J connectivity index is 2.33. The lowest BCUT2D eigenvalue weighted by atomic mass is 10.3. The summed E-state index contributed by atoms with van der Waals surface area (Å²) in [6, 6.07) is 0.152. The van der Waals surface area contributed by atoms with Crippen molar-refractivity contribution in [3.63, 3.8) is 0 Å². The van der Waals surface area contributed by atoms with Crippen LogP contribution in [0.15, 0.2) is 5.03 Å². The van der Waals surface area contributed by atoms with E-state index >= 15 is 0 Å². The number of rotatable bonds is 7. The topological polar surface area (TPSA) is 92.1 Å². The Kier molecular flexibility index (Phi) is 4.27. The first-order valence-corrected chi connectivity index (χ1v) is 8.22. The molecule has 1 heterocycles. The van der Waals surface area contributed by atoms with Gasteiger partial charge in [-0.05, 0) is 26.2 Å². The number of aromatic nitrogens is 2. The molecular weight excluding hydrogens is 264 g/mol. The van der Waals surface area contributed by atoms with Crippen molar-refractivity contribution in [1.29, 1.82) is 0 Å². The standard InChI is InChI=1S/C12H22N4O2S/c1-3-4-7-16(10-5-6-10)19(17,18)12-11(8-13)9(2)14-15-12/h10H,3-8,13H2,1-2H3,(H,14,15). The van der Waals surface area contributed by atoms with Crippen molar-refractivity contribution < 1.29 is 8.42 Å². The third-order valence-electron chi connectivity index (χ3n) is 3.48. The van der Waals surface area contributed by atoms with E-state index < -0.39 is 10.0 Å². The van der Waals surface area contributed by atoms with Gasteiger partial charge in [-0.15, -0.1) is 0 Å². The van der Waals surface area contributed by atoms with Gasteiger partial charge in [-0.3, -0.25) is 5.10 Å². The lowest BCUT2D eigenvalue weighted by molar-refractivity contribution is 0.393. The molecule has 0 aliphatic heterocycles. The molecule has 0 saturated heterocycles. The summed E-state index contributed by atoms with van der Waals surface area (Å²) in [6.45, 7) is 4.60. The lowest BCUT2D eigenvalue weighted by Crippen LogP contribution is -2.35. The van der Waals surface area contributed by atoms with E-state index in [1.54, 1.807) is 11.2 Å². The molecular formula is C12H22N4O2S. The van der Waals surface area contributed by atoms with Crippen LogP contribution in [0.3, 0.4) is 0 Å². The van der Waals surface area contributed by atoms with Crippen molar-refractivity contribution in [3.05, 3.63) is 11.3 Å². The lowest BCUT2D eigenvalue weighted by Gasteiger charge is -2.20. The van der Waals surface area contributed by atoms with Crippen molar-refractivity contribution >= 4 is 10.0 Å². The Morgan fingerprint density at radius 2 is 2.16 bits per heavy atom. The van der Waals surface area contributed by atoms with Gasteiger partial charge in [0, 0.05) is 30.4 Å². The second-order valence-corrected chi connectivity index (χ2v) is 6.84. The molecule has 1 saturated carbocycles. The summed E-state index contributed by atoms with van der Waals surface area (Å²) in [5.41, 5.74) is 6.97. The van der Waals surface area contributed by atoms with Crippen LogP contribution in [0.1, 0.15) is 43.9 Å². The predicted octanol–water partition coefficient (Wildman–Crippen LogP) is 1.13. The fraction of sp³-hybridized carbons (Fsp3) is 0.750. The van der Waals surface area contributed by atoms with Crippen LogP contribution in [0.5, 0.6) is 0 Å². The molecule has 0 atom stereocenters. The van der Waals surface area contributed by atoms with Crippen LogP contribution in [0.25, 0.3) is 0 Å². The first-order chi connectivity index (χ1) is 9.02. The number of H-pyrrole nitrogens is 1. The molecule has 19 heavy (non-hydrogen) atoms. The van der Waals surface area contributed by atoms with E-state index in [4.69, 9.17) is 5.73 Å². The Hall–Kier alpha value is -0.920. The second-order valence-electron chi connectivity index (χ2n) is 5.04. The minimum Gasteiger partial charge on any atom is -0.326 e. The summed E-state index contributed by atoms with van der Waals surface area (Å²) in [5.74, 6) is 0. The highest BCUT2D eigenvalue weighted by molar-refractivity contribution is 7.89. The van der Waals surface area contributed by atoms with E-state index in [-0.39, 0.29) is 17.6 Å². The summed E-state index contributed by atoms with van der Waals surface area (Å²) >= 11 is 0. The summed E-state index contributed by atoms with van der Waals surface area (Å²) in [6.07, 6.45) is 3.74. The van der Waals surface area contributed by atoms with Crippen LogP contribution in [-0.4, -0.2) is 35.5 Å². The number of nitrogens with zero attached hydrogens (tertiary/aromatic N) is 2. The highest BCUT2D eigenvalue weighted by atomic mass is 32.2. The Morgan fingerprint density at radius 1 is 1.47 bits per heavy atom. The summed E-state index contributed by atoms with van der Waals surface area (Å²) < 4.78 is 27.0. The van der Waals surface area contributed by atoms with Gasteiger partial charge >= 0.3 is 0 Å². The van der Waals surface area contributed by atoms with E-state index in [0.717, 1.165) is 31.4 Å². The van der Waals surface area contributed by atoms with Gasteiger partial charge in [0.15, 0.2) is 5.03 Å². The molecule has 0 radical (unpaired) electrons. The Morgan fingerprint density at radius 3 is 2.68 bits per heavy atom. The van der Waals surface area contributed by atoms with Gasteiger partial charge in [0.1, 0.15) is 0 Å². The molecule has 6 nitrogen and oxygen atoms in total. The van der Waals surface area contributed by atoms with E-state index in [0.29, 0.717) is 12.1 Å². The minimum atomic E-state index is -3.52. The van der Waals surface area contributed by atoms with Gasteiger partial charge in [0.25, 0.3) is 10.0 Å². The second kappa shape index (κ2) is 5.60. The number of hydrogen-bond acceptors (Lipinski definition) is 4. The van der Waals surface area contributed by atoms with Gasteiger partial charge in [-0.1, -0.05) is 13.3 Å². The SMILES string of the molecule is CCCCN(C1CC1)S(=O)(=O)c1n[nH]c(C)c1CN. The largest absolute Gasteiger partial charge is 0.326 e. The van der Waals surface area contributed by atoms with Gasteiger partial charge in [-0.25, -0.2) is 8.42 Å². The molecule has 2 rings (SSSR count). The van der Waals surface area contributed by atoms with Crippen molar-refractivity contribution in [2.75, 3.05) is 6.54 Å². The fourth-order valence-electron chi connectivity index (χ4n) is 2.17. The smallest absolute Gasteiger partial charge is 0.262 e. The molecule has 1 aromatic heterocycles. The summed E-state index contributed by atoms with van der Waals surface area (Å²) in [7, 11) is -3.52. The van der Waals surface area contributed by atoms with Gasteiger partial charge < -0.3 is 5.73 Å². The monoisotopic (exact) mass is 286 g/mol. The van der Waals surface area contributed by atoms with Crippen LogP contribution in [0, 0.1) is 6.92 Å². The van der Waals surface area contributed by atoms with E-state index in [9.17, 15) is 8.42 Å². The van der Waals surface area contributed by atoms with E-state index in [2.05, 4.69) is 17.1 Å². The number of aryl methyl sites for hydroxylation is 1. The molecule has 1 aromatic rings. The van der Waals surface area contributed by atoms with Crippen molar-refractivity contribution in [1.82, 2.24) is 14.5 Å². The van der Waals surface area contributed by atoms with Gasteiger partial charge in [0.2, 0.25) is 0 Å². The zero-order valence-electron chi connectivity index (χ0n) is 11.5. The third-order valence-corrected chi connectivity index (χ3v) is 5.40. The predicted molar refractivity (Wildman–Crippen MR) is 73.0 cm³/mol. The van der Waals surface area contributed by atoms with E-state index in [1.165, 1.54) is 0 Å². The van der Waals surface area contributed by atoms with Crippen LogP contribution in [-0.2, 0) is 16.6 Å². The number of nitrogens with two attached hydrogens (primary N) is 1. The molecule has 0 spiro atoms. The van der Waals surface area contributed by atoms with Crippen molar-refractivity contribution in [2.45, 2.75) is 57.1 Å². The van der Waals surface area contributed by atoms with Crippen molar-refractivity contribution in [2.24, 2.45) is 5.73 Å². The highest BCUT2D eigenvalue weighted by Crippen LogP contribution is 2.33. The molecule has 1 fully saturated rings. The number of sulfonamides is 1. The molecule has 0 aromatic carbocycles. The fourth-order valence-corrected chi connectivity index (χ4v) is 4.07. The molecule has 0 amide bonds. The average Bonchev–Trinajstić information content (AvgIpc) is 3.11. The number of unbranched alkanes of at least 4 members (excludes halogenated alkanes) is 1. The maximum absolute atomic E-state index is 12.7. The average molecular weight is 286 g/mol. The zero-order valence-corrected chi connectivity index (χ0v) is 12.3. The Bertz CT molecular complexity index is 534. The van der Waals surface area contributed by atoms with Crippen LogP contribution < -0.4 is 5.73 Å². The number of nitrogens with one attached hydrogen (secondary N) is 1. The van der Waals surface area contributed by atoms with Gasteiger partial charge in [0.05, 0.1) is 0 Å². The van der Waals surface area contributed by atoms with E-state index in [1.807, 2.05) is 0 Å². The quantitative estimate of drug-likeness (QED) is 0.786. The third kappa shape index (κ3) is 2.82. The first kappa shape index (κ1) is 14.5. The van der Waals surface area contributed by atoms with Crippen molar-refractivity contribution in [3.8, 4) is 0 Å². The van der Waals surface area contributed by atoms with Gasteiger partial charge in [-0.2, -0.15) is 9.40 Å². The molecule has 7 heteroatoms. The number of aromatic amines is 1. The summed E-state index contributed by atoms with van der Waals surface area (Å²) in [4.78, 5) is 0. The number of hydrogen-bond donors (Lipinski definition) is 2. The molecule has 0 bridgehead atoms. The van der Waals surface area contributed by atoms with Crippen LogP contribution >= 0.6 is 0 Å². The molecule has 3 N–H and O–H groups in total. The maximum atomic E-state index is 12.7. The summed E-state index contributed by atoms with van der Waals surface area (Å²) in [5, 5.41) is 6.80. The first-order valence-electron chi connectivity index (χ1n) is 6.78. The molecule has 108 valence electrons. The normalized spacial score (nSPS) is 16.2. The molecule has 1 aliphatic rings. The maximum Gasteiger partial charge on any atom is 0.262 e. The minimum absolute atomic E-state index is 0.107. The zero-order chi connectivity index (χ0) is 14.0. The molecule has 0 unspecified atom stereocenters.